The molecule has 0 N–H and O–H groups in total. The maximum atomic E-state index is 13.3. The lowest BCUT2D eigenvalue weighted by Gasteiger charge is -2.08. The molecule has 104 valence electrons. The third-order valence-electron chi connectivity index (χ3n) is 2.42. The Labute approximate surface area is 114 Å². The number of ether oxygens (including phenoxy) is 2. The van der Waals surface area contributed by atoms with E-state index in [1.54, 1.807) is 24.3 Å². The predicted molar refractivity (Wildman–Crippen MR) is 70.7 cm³/mol. The van der Waals surface area contributed by atoms with Crippen molar-refractivity contribution < 1.29 is 18.8 Å². The van der Waals surface area contributed by atoms with Gasteiger partial charge in [-0.3, -0.25) is 10.1 Å². The van der Waals surface area contributed by atoms with Crippen LogP contribution in [0.2, 0.25) is 0 Å². The van der Waals surface area contributed by atoms with Gasteiger partial charge in [-0.25, -0.2) is 4.39 Å². The smallest absolute Gasteiger partial charge is 0.276 e. The Balaban J connectivity index is 2.25. The number of non-ortho nitro benzene ring substituents is 1. The Bertz CT molecular complexity index is 630. The van der Waals surface area contributed by atoms with Gasteiger partial charge in [0.1, 0.15) is 23.1 Å². The van der Waals surface area contributed by atoms with Crippen molar-refractivity contribution in [2.75, 3.05) is 6.61 Å². The number of benzene rings is 2. The van der Waals surface area contributed by atoms with Gasteiger partial charge in [0.2, 0.25) is 0 Å². The molecule has 0 amide bonds. The van der Waals surface area contributed by atoms with Crippen LogP contribution >= 0.6 is 0 Å². The molecule has 2 aromatic carbocycles. The van der Waals surface area contributed by atoms with Gasteiger partial charge in [0.25, 0.3) is 5.69 Å². The molecule has 0 aliphatic carbocycles. The zero-order chi connectivity index (χ0) is 14.5. The number of nitrogens with zero attached hydrogens (tertiary/aromatic N) is 1. The first-order chi connectivity index (χ1) is 9.58. The molecule has 0 aromatic heterocycles. The van der Waals surface area contributed by atoms with E-state index in [2.05, 4.69) is 0 Å². The summed E-state index contributed by atoms with van der Waals surface area (Å²) in [5.41, 5.74) is -0.360. The number of hydrogen-bond acceptors (Lipinski definition) is 4. The molecule has 0 spiro atoms. The summed E-state index contributed by atoms with van der Waals surface area (Å²) in [4.78, 5) is 9.99. The summed E-state index contributed by atoms with van der Waals surface area (Å²) in [6.45, 7) is 2.36. The lowest BCUT2D eigenvalue weighted by Crippen LogP contribution is -1.93. The van der Waals surface area contributed by atoms with E-state index in [0.29, 0.717) is 18.1 Å². The molecule has 0 saturated carbocycles. The van der Waals surface area contributed by atoms with E-state index in [4.69, 9.17) is 9.47 Å². The Kier molecular flexibility index (Phi) is 4.14. The van der Waals surface area contributed by atoms with Crippen molar-refractivity contribution in [2.24, 2.45) is 0 Å². The molecule has 5 nitrogen and oxygen atoms in total. The van der Waals surface area contributed by atoms with Crippen molar-refractivity contribution in [2.45, 2.75) is 6.92 Å². The van der Waals surface area contributed by atoms with Crippen LogP contribution < -0.4 is 9.47 Å². The number of hydrogen-bond donors (Lipinski definition) is 0. The third kappa shape index (κ3) is 3.44. The molecule has 0 unspecified atom stereocenters. The highest BCUT2D eigenvalue weighted by atomic mass is 19.1. The average Bonchev–Trinajstić information content (AvgIpc) is 2.38. The average molecular weight is 277 g/mol. The second-order valence-electron chi connectivity index (χ2n) is 3.91. The lowest BCUT2D eigenvalue weighted by molar-refractivity contribution is -0.385. The van der Waals surface area contributed by atoms with Crippen LogP contribution in [0, 0.1) is 15.9 Å². The minimum atomic E-state index is -0.727. The maximum Gasteiger partial charge on any atom is 0.276 e. The van der Waals surface area contributed by atoms with Gasteiger partial charge in [-0.15, -0.1) is 0 Å². The van der Waals surface area contributed by atoms with Crippen LogP contribution in [-0.2, 0) is 0 Å². The third-order valence-corrected chi connectivity index (χ3v) is 2.42. The molecule has 0 bridgehead atoms. The molecule has 0 heterocycles. The van der Waals surface area contributed by atoms with Crippen LogP contribution in [0.1, 0.15) is 6.92 Å². The second kappa shape index (κ2) is 6.01. The van der Waals surface area contributed by atoms with E-state index < -0.39 is 10.7 Å². The Morgan fingerprint density at radius 2 is 1.90 bits per heavy atom. The largest absolute Gasteiger partial charge is 0.494 e. The molecule has 2 aromatic rings. The summed E-state index contributed by atoms with van der Waals surface area (Å²) in [6, 6.07) is 9.83. The molecule has 0 saturated heterocycles. The summed E-state index contributed by atoms with van der Waals surface area (Å²) in [6.07, 6.45) is 0. The van der Waals surface area contributed by atoms with E-state index in [1.165, 1.54) is 0 Å². The summed E-state index contributed by atoms with van der Waals surface area (Å²) in [5, 5.41) is 10.7. The molecular formula is C14H12FNO4. The van der Waals surface area contributed by atoms with Crippen molar-refractivity contribution in [3.05, 3.63) is 58.4 Å². The standard InChI is InChI=1S/C14H12FNO4/c1-2-19-12-4-3-5-13(9-12)20-14-7-10(15)6-11(8-14)16(17)18/h3-9H,2H2,1H3. The number of nitro benzene ring substituents is 1. The fraction of sp³-hybridized carbons (Fsp3) is 0.143. The van der Waals surface area contributed by atoms with Crippen molar-refractivity contribution in [1.29, 1.82) is 0 Å². The van der Waals surface area contributed by atoms with Crippen LogP contribution in [0.3, 0.4) is 0 Å². The fourth-order valence-corrected chi connectivity index (χ4v) is 1.64. The first kappa shape index (κ1) is 13.8. The Morgan fingerprint density at radius 3 is 2.60 bits per heavy atom. The summed E-state index contributed by atoms with van der Waals surface area (Å²) < 4.78 is 24.0. The minimum absolute atomic E-state index is 0.0605. The van der Waals surface area contributed by atoms with Crippen LogP contribution in [0.4, 0.5) is 10.1 Å². The minimum Gasteiger partial charge on any atom is -0.494 e. The van der Waals surface area contributed by atoms with E-state index in [-0.39, 0.29) is 11.4 Å². The highest BCUT2D eigenvalue weighted by Crippen LogP contribution is 2.28. The molecule has 2 rings (SSSR count). The molecule has 0 aliphatic heterocycles. The van der Waals surface area contributed by atoms with Crippen LogP contribution in [0.5, 0.6) is 17.2 Å². The van der Waals surface area contributed by atoms with E-state index in [0.717, 1.165) is 18.2 Å². The van der Waals surface area contributed by atoms with E-state index in [9.17, 15) is 14.5 Å². The topological polar surface area (TPSA) is 61.6 Å². The molecule has 0 atom stereocenters. The molecule has 0 radical (unpaired) electrons. The van der Waals surface area contributed by atoms with Crippen LogP contribution in [0.15, 0.2) is 42.5 Å². The zero-order valence-electron chi connectivity index (χ0n) is 10.7. The second-order valence-corrected chi connectivity index (χ2v) is 3.91. The lowest BCUT2D eigenvalue weighted by atomic mass is 10.3. The monoisotopic (exact) mass is 277 g/mol. The highest BCUT2D eigenvalue weighted by Gasteiger charge is 2.11. The van der Waals surface area contributed by atoms with Gasteiger partial charge in [0.15, 0.2) is 0 Å². The van der Waals surface area contributed by atoms with Gasteiger partial charge in [-0.2, -0.15) is 0 Å². The fourth-order valence-electron chi connectivity index (χ4n) is 1.64. The Hall–Kier alpha value is -2.63. The molecule has 0 fully saturated rings. The Morgan fingerprint density at radius 1 is 1.15 bits per heavy atom. The number of nitro groups is 1. The quantitative estimate of drug-likeness (QED) is 0.613. The molecule has 0 aliphatic rings. The van der Waals surface area contributed by atoms with Gasteiger partial charge in [-0.05, 0) is 19.1 Å². The van der Waals surface area contributed by atoms with E-state index >= 15 is 0 Å². The van der Waals surface area contributed by atoms with Crippen molar-refractivity contribution in [1.82, 2.24) is 0 Å². The van der Waals surface area contributed by atoms with Gasteiger partial charge in [-0.1, -0.05) is 6.07 Å². The highest BCUT2D eigenvalue weighted by molar-refractivity contribution is 5.42. The first-order valence-corrected chi connectivity index (χ1v) is 5.94. The van der Waals surface area contributed by atoms with Crippen LogP contribution in [-0.4, -0.2) is 11.5 Å². The summed E-state index contributed by atoms with van der Waals surface area (Å²) in [7, 11) is 0. The molecule has 6 heteroatoms. The summed E-state index contributed by atoms with van der Waals surface area (Å²) >= 11 is 0. The zero-order valence-corrected chi connectivity index (χ0v) is 10.7. The van der Waals surface area contributed by atoms with Gasteiger partial charge in [0.05, 0.1) is 23.7 Å². The normalized spacial score (nSPS) is 10.1. The SMILES string of the molecule is CCOc1cccc(Oc2cc(F)cc([N+](=O)[O-])c2)c1. The molecule has 20 heavy (non-hydrogen) atoms. The number of rotatable bonds is 5. The van der Waals surface area contributed by atoms with Crippen molar-refractivity contribution >= 4 is 5.69 Å². The van der Waals surface area contributed by atoms with Crippen molar-refractivity contribution in [3.8, 4) is 17.2 Å². The predicted octanol–water partition coefficient (Wildman–Crippen LogP) is 3.92. The maximum absolute atomic E-state index is 13.3. The number of halogens is 1. The molecular weight excluding hydrogens is 265 g/mol. The summed E-state index contributed by atoms with van der Waals surface area (Å²) in [5.74, 6) is 0.354. The van der Waals surface area contributed by atoms with Gasteiger partial charge < -0.3 is 9.47 Å². The van der Waals surface area contributed by atoms with E-state index in [1.807, 2.05) is 6.92 Å². The van der Waals surface area contributed by atoms with Gasteiger partial charge >= 0.3 is 0 Å². The first-order valence-electron chi connectivity index (χ1n) is 5.94. The van der Waals surface area contributed by atoms with Crippen LogP contribution in [0.25, 0.3) is 0 Å². The van der Waals surface area contributed by atoms with Crippen molar-refractivity contribution in [3.63, 3.8) is 0 Å². The van der Waals surface area contributed by atoms with Gasteiger partial charge in [0, 0.05) is 12.1 Å².